The summed E-state index contributed by atoms with van der Waals surface area (Å²) in [4.78, 5) is 4.88. The summed E-state index contributed by atoms with van der Waals surface area (Å²) in [6.07, 6.45) is 0.911. The molecule has 0 radical (unpaired) electrons. The summed E-state index contributed by atoms with van der Waals surface area (Å²) < 4.78 is 5.90. The first-order valence-electron chi connectivity index (χ1n) is 10.9. The number of nitrogens with zero attached hydrogens (tertiary/aromatic N) is 3. The highest BCUT2D eigenvalue weighted by Gasteiger charge is 2.35. The molecule has 0 saturated carbocycles. The minimum absolute atomic E-state index is 0.0966. The van der Waals surface area contributed by atoms with Crippen LogP contribution in [0.25, 0.3) is 0 Å². The van der Waals surface area contributed by atoms with Crippen molar-refractivity contribution >= 4 is 40.5 Å². The van der Waals surface area contributed by atoms with Crippen LogP contribution in [0.1, 0.15) is 35.2 Å². The normalized spacial score (nSPS) is 20.6. The summed E-state index contributed by atoms with van der Waals surface area (Å²) >= 11 is 19.0. The van der Waals surface area contributed by atoms with Crippen molar-refractivity contribution < 1.29 is 4.74 Å². The number of fused-ring (bicyclic) bond motifs is 1. The average molecular weight is 499 g/mol. The second-order valence-electron chi connectivity index (χ2n) is 8.37. The van der Waals surface area contributed by atoms with Gasteiger partial charge in [0.15, 0.2) is 0 Å². The van der Waals surface area contributed by atoms with Gasteiger partial charge in [0.05, 0.1) is 35.0 Å². The smallest absolute Gasteiger partial charge is 0.125 e. The molecule has 33 heavy (non-hydrogen) atoms. The number of nitriles is 1. The molecule has 0 unspecified atom stereocenters. The Morgan fingerprint density at radius 2 is 1.67 bits per heavy atom. The lowest BCUT2D eigenvalue weighted by molar-refractivity contribution is 0.117. The third kappa shape index (κ3) is 4.52. The minimum Gasteiger partial charge on any atom is -0.493 e. The van der Waals surface area contributed by atoms with Gasteiger partial charge in [-0.1, -0.05) is 53.0 Å². The van der Waals surface area contributed by atoms with Gasteiger partial charge in [0.1, 0.15) is 5.75 Å². The van der Waals surface area contributed by atoms with Crippen LogP contribution in [-0.2, 0) is 0 Å². The lowest BCUT2D eigenvalue weighted by Crippen LogP contribution is -2.50. The molecule has 0 aliphatic carbocycles. The van der Waals surface area contributed by atoms with Crippen LogP contribution in [0.3, 0.4) is 0 Å². The molecule has 0 aromatic heterocycles. The fourth-order valence-electron chi connectivity index (χ4n) is 4.88. The predicted molar refractivity (Wildman–Crippen MR) is 134 cm³/mol. The lowest BCUT2D eigenvalue weighted by atomic mass is 9.94. The number of rotatable bonds is 3. The molecule has 0 bridgehead atoms. The number of anilines is 1. The molecule has 1 fully saturated rings. The maximum Gasteiger partial charge on any atom is 0.125 e. The first-order chi connectivity index (χ1) is 16.0. The summed E-state index contributed by atoms with van der Waals surface area (Å²) in [5.74, 6) is 0.816. The van der Waals surface area contributed by atoms with Crippen LogP contribution in [0.4, 0.5) is 5.69 Å². The van der Waals surface area contributed by atoms with E-state index in [4.69, 9.17) is 39.5 Å². The van der Waals surface area contributed by atoms with E-state index in [2.05, 4.69) is 28.0 Å². The molecule has 0 spiro atoms. The zero-order valence-electron chi connectivity index (χ0n) is 17.8. The Hall–Kier alpha value is -2.42. The second-order valence-corrected chi connectivity index (χ2v) is 9.65. The standard InChI is InChI=1S/C26H22Cl3N3O/c27-19-4-2-18(3-5-19)25-16-31(10-11-32(25)24-8-6-20(28)14-22(24)29)23-9-12-33-26-13-17(15-30)1-7-21(23)26/h1-8,13-14,23,25H,9-12,16H2/t23-,25-/m0/s1. The SMILES string of the molecule is N#Cc1ccc2c(c1)OCC[C@@H]2N1CCN(c2ccc(Cl)cc2Cl)[C@H](c2ccc(Cl)cc2)C1. The van der Waals surface area contributed by atoms with Gasteiger partial charge in [-0.2, -0.15) is 5.26 Å². The third-order valence-electron chi connectivity index (χ3n) is 6.48. The number of halogens is 3. The number of piperazine rings is 1. The molecule has 2 aliphatic heterocycles. The van der Waals surface area contributed by atoms with Crippen molar-refractivity contribution in [2.75, 3.05) is 31.1 Å². The predicted octanol–water partition coefficient (Wildman–Crippen LogP) is 6.91. The molecule has 0 amide bonds. The Balaban J connectivity index is 1.49. The van der Waals surface area contributed by atoms with Gasteiger partial charge in [0, 0.05) is 47.7 Å². The van der Waals surface area contributed by atoms with Crippen molar-refractivity contribution in [2.45, 2.75) is 18.5 Å². The molecule has 2 atom stereocenters. The van der Waals surface area contributed by atoms with E-state index < -0.39 is 0 Å². The number of benzene rings is 3. The quantitative estimate of drug-likeness (QED) is 0.393. The van der Waals surface area contributed by atoms with Gasteiger partial charge >= 0.3 is 0 Å². The molecular weight excluding hydrogens is 477 g/mol. The van der Waals surface area contributed by atoms with E-state index in [1.54, 1.807) is 6.07 Å². The van der Waals surface area contributed by atoms with Crippen LogP contribution in [-0.4, -0.2) is 31.1 Å². The average Bonchev–Trinajstić information content (AvgIpc) is 2.83. The Labute approximate surface area is 208 Å². The molecule has 4 nitrogen and oxygen atoms in total. The first-order valence-corrected chi connectivity index (χ1v) is 12.0. The molecule has 3 aromatic carbocycles. The van der Waals surface area contributed by atoms with Gasteiger partial charge in [0.25, 0.3) is 0 Å². The van der Waals surface area contributed by atoms with Crippen LogP contribution >= 0.6 is 34.8 Å². The summed E-state index contributed by atoms with van der Waals surface area (Å²) in [7, 11) is 0. The van der Waals surface area contributed by atoms with Crippen molar-refractivity contribution in [3.05, 3.63) is 92.4 Å². The Morgan fingerprint density at radius 3 is 2.42 bits per heavy atom. The molecule has 0 N–H and O–H groups in total. The van der Waals surface area contributed by atoms with E-state index in [1.807, 2.05) is 42.5 Å². The number of ether oxygens (including phenoxy) is 1. The minimum atomic E-state index is 0.0966. The van der Waals surface area contributed by atoms with Gasteiger partial charge in [-0.05, 0) is 48.0 Å². The van der Waals surface area contributed by atoms with Crippen molar-refractivity contribution in [2.24, 2.45) is 0 Å². The zero-order chi connectivity index (χ0) is 22.9. The van der Waals surface area contributed by atoms with E-state index in [0.29, 0.717) is 27.2 Å². The molecule has 5 rings (SSSR count). The summed E-state index contributed by atoms with van der Waals surface area (Å²) in [6.45, 7) is 3.16. The van der Waals surface area contributed by atoms with Gasteiger partial charge in [-0.3, -0.25) is 4.90 Å². The van der Waals surface area contributed by atoms with Crippen LogP contribution < -0.4 is 9.64 Å². The van der Waals surface area contributed by atoms with Crippen molar-refractivity contribution in [3.63, 3.8) is 0 Å². The summed E-state index contributed by atoms with van der Waals surface area (Å²) in [5.41, 5.74) is 3.93. The zero-order valence-corrected chi connectivity index (χ0v) is 20.1. The van der Waals surface area contributed by atoms with Gasteiger partial charge in [-0.25, -0.2) is 0 Å². The van der Waals surface area contributed by atoms with E-state index in [-0.39, 0.29) is 12.1 Å². The highest BCUT2D eigenvalue weighted by Crippen LogP contribution is 2.42. The number of hydrogen-bond donors (Lipinski definition) is 0. The van der Waals surface area contributed by atoms with Gasteiger partial charge < -0.3 is 9.64 Å². The molecule has 1 saturated heterocycles. The summed E-state index contributed by atoms with van der Waals surface area (Å²) in [5, 5.41) is 11.3. The lowest BCUT2D eigenvalue weighted by Gasteiger charge is -2.47. The van der Waals surface area contributed by atoms with E-state index in [0.717, 1.165) is 43.1 Å². The molecular formula is C26H22Cl3N3O. The van der Waals surface area contributed by atoms with Crippen LogP contribution in [0.5, 0.6) is 5.75 Å². The van der Waals surface area contributed by atoms with Crippen LogP contribution in [0.2, 0.25) is 15.1 Å². The fourth-order valence-corrected chi connectivity index (χ4v) is 5.52. The van der Waals surface area contributed by atoms with Crippen molar-refractivity contribution in [1.82, 2.24) is 4.90 Å². The van der Waals surface area contributed by atoms with Gasteiger partial charge in [-0.15, -0.1) is 0 Å². The highest BCUT2D eigenvalue weighted by atomic mass is 35.5. The Morgan fingerprint density at radius 1 is 0.879 bits per heavy atom. The van der Waals surface area contributed by atoms with Crippen LogP contribution in [0, 0.1) is 11.3 Å². The number of hydrogen-bond acceptors (Lipinski definition) is 4. The Kier molecular flexibility index (Phi) is 6.40. The molecule has 2 heterocycles. The Bertz CT molecular complexity index is 1210. The van der Waals surface area contributed by atoms with Gasteiger partial charge in [0.2, 0.25) is 0 Å². The maximum atomic E-state index is 9.26. The van der Waals surface area contributed by atoms with Crippen LogP contribution in [0.15, 0.2) is 60.7 Å². The monoisotopic (exact) mass is 497 g/mol. The largest absolute Gasteiger partial charge is 0.493 e. The topological polar surface area (TPSA) is 39.5 Å². The molecule has 2 aliphatic rings. The third-order valence-corrected chi connectivity index (χ3v) is 7.27. The van der Waals surface area contributed by atoms with E-state index in [1.165, 1.54) is 5.56 Å². The molecule has 7 heteroatoms. The van der Waals surface area contributed by atoms with E-state index in [9.17, 15) is 5.26 Å². The molecule has 168 valence electrons. The maximum absolute atomic E-state index is 9.26. The van der Waals surface area contributed by atoms with Crippen molar-refractivity contribution in [1.29, 1.82) is 5.26 Å². The highest BCUT2D eigenvalue weighted by molar-refractivity contribution is 6.36. The fraction of sp³-hybridized carbons (Fsp3) is 0.269. The van der Waals surface area contributed by atoms with Crippen molar-refractivity contribution in [3.8, 4) is 11.8 Å². The molecule has 3 aromatic rings. The summed E-state index contributed by atoms with van der Waals surface area (Å²) in [6, 6.07) is 22.0. The first kappa shape index (κ1) is 22.4. The second kappa shape index (κ2) is 9.44. The van der Waals surface area contributed by atoms with E-state index >= 15 is 0 Å².